The van der Waals surface area contributed by atoms with Crippen LogP contribution in [0.2, 0.25) is 0 Å². The minimum absolute atomic E-state index is 0.632. The van der Waals surface area contributed by atoms with Crippen molar-refractivity contribution < 1.29 is 0 Å². The summed E-state index contributed by atoms with van der Waals surface area (Å²) in [4.78, 5) is 4.01. The Morgan fingerprint density at radius 1 is 1.43 bits per heavy atom. The van der Waals surface area contributed by atoms with Crippen molar-refractivity contribution in [3.63, 3.8) is 0 Å². The van der Waals surface area contributed by atoms with E-state index in [4.69, 9.17) is 5.73 Å². The summed E-state index contributed by atoms with van der Waals surface area (Å²) in [6, 6.07) is 3.75. The van der Waals surface area contributed by atoms with Crippen molar-refractivity contribution in [1.29, 1.82) is 0 Å². The molecule has 0 saturated heterocycles. The van der Waals surface area contributed by atoms with Crippen molar-refractivity contribution in [3.05, 3.63) is 43.2 Å². The molecule has 2 N–H and O–H groups in total. The van der Waals surface area contributed by atoms with Crippen molar-refractivity contribution in [3.8, 4) is 5.69 Å². The van der Waals surface area contributed by atoms with Gasteiger partial charge in [0.05, 0.1) is 18.1 Å². The second kappa shape index (κ2) is 3.49. The van der Waals surface area contributed by atoms with Gasteiger partial charge in [-0.3, -0.25) is 4.98 Å². The van der Waals surface area contributed by atoms with Crippen LogP contribution in [0.3, 0.4) is 0 Å². The zero-order valence-corrected chi connectivity index (χ0v) is 7.72. The average Bonchev–Trinajstić information content (AvgIpc) is 2.61. The molecular weight excluding hydrogens is 176 g/mol. The Morgan fingerprint density at radius 2 is 2.29 bits per heavy atom. The van der Waals surface area contributed by atoms with Crippen LogP contribution in [-0.4, -0.2) is 14.8 Å². The summed E-state index contributed by atoms with van der Waals surface area (Å²) in [5.41, 5.74) is 7.70. The van der Waals surface area contributed by atoms with Crippen molar-refractivity contribution in [2.75, 3.05) is 5.73 Å². The van der Waals surface area contributed by atoms with Gasteiger partial charge >= 0.3 is 0 Å². The minimum atomic E-state index is 0.632. The van der Waals surface area contributed by atoms with Crippen molar-refractivity contribution in [1.82, 2.24) is 14.8 Å². The molecule has 2 rings (SSSR count). The maximum Gasteiger partial charge on any atom is 0.130 e. The second-order valence-corrected chi connectivity index (χ2v) is 2.93. The first-order valence-corrected chi connectivity index (χ1v) is 4.35. The molecule has 0 aliphatic heterocycles. The van der Waals surface area contributed by atoms with Crippen LogP contribution >= 0.6 is 0 Å². The fourth-order valence-corrected chi connectivity index (χ4v) is 1.27. The molecule has 0 amide bonds. The number of nitrogen functional groups attached to an aromatic ring is 1. The molecule has 0 atom stereocenters. The van der Waals surface area contributed by atoms with Gasteiger partial charge < -0.3 is 5.73 Å². The van der Waals surface area contributed by atoms with Crippen LogP contribution in [0.15, 0.2) is 30.7 Å². The predicted octanol–water partition coefficient (Wildman–Crippen LogP) is 1.23. The Kier molecular flexibility index (Phi) is 2.18. The fourth-order valence-electron chi connectivity index (χ4n) is 1.27. The van der Waals surface area contributed by atoms with Crippen LogP contribution in [0.1, 0.15) is 5.56 Å². The first-order chi connectivity index (χ1) is 6.83. The SMILES string of the molecule is [CH2]Cc1cnn(-c2cccnc2)c1N. The summed E-state index contributed by atoms with van der Waals surface area (Å²) >= 11 is 0. The summed E-state index contributed by atoms with van der Waals surface area (Å²) in [6.07, 6.45) is 5.81. The molecule has 0 fully saturated rings. The van der Waals surface area contributed by atoms with Gasteiger partial charge in [-0.05, 0) is 25.5 Å². The van der Waals surface area contributed by atoms with E-state index in [2.05, 4.69) is 17.0 Å². The third kappa shape index (κ3) is 1.35. The first kappa shape index (κ1) is 8.74. The molecule has 2 aromatic rings. The highest BCUT2D eigenvalue weighted by Crippen LogP contribution is 2.15. The molecule has 71 valence electrons. The molecule has 4 heteroatoms. The molecule has 0 aromatic carbocycles. The molecule has 0 unspecified atom stereocenters. The zero-order chi connectivity index (χ0) is 9.97. The van der Waals surface area contributed by atoms with Crippen LogP contribution < -0.4 is 5.73 Å². The normalized spacial score (nSPS) is 10.4. The van der Waals surface area contributed by atoms with Gasteiger partial charge in [-0.25, -0.2) is 4.68 Å². The lowest BCUT2D eigenvalue weighted by molar-refractivity contribution is 0.884. The van der Waals surface area contributed by atoms with Gasteiger partial charge in [-0.1, -0.05) is 0 Å². The van der Waals surface area contributed by atoms with E-state index < -0.39 is 0 Å². The molecule has 0 aliphatic rings. The number of rotatable bonds is 2. The van der Waals surface area contributed by atoms with Crippen LogP contribution in [-0.2, 0) is 6.42 Å². The largest absolute Gasteiger partial charge is 0.383 e. The zero-order valence-electron chi connectivity index (χ0n) is 7.72. The Balaban J connectivity index is 2.48. The van der Waals surface area contributed by atoms with E-state index >= 15 is 0 Å². The summed E-state index contributed by atoms with van der Waals surface area (Å²) in [5.74, 6) is 0.632. The molecule has 0 saturated carbocycles. The Bertz CT molecular complexity index is 419. The third-order valence-electron chi connectivity index (χ3n) is 2.05. The molecule has 1 radical (unpaired) electrons. The van der Waals surface area contributed by atoms with E-state index in [9.17, 15) is 0 Å². The van der Waals surface area contributed by atoms with E-state index in [0.29, 0.717) is 12.2 Å². The number of hydrogen-bond acceptors (Lipinski definition) is 3. The van der Waals surface area contributed by atoms with Gasteiger partial charge in [-0.2, -0.15) is 5.10 Å². The van der Waals surface area contributed by atoms with Crippen molar-refractivity contribution in [2.24, 2.45) is 0 Å². The standard InChI is InChI=1S/C10H11N4/c1-2-8-6-13-14(10(8)11)9-4-3-5-12-7-9/h3-7H,1-2,11H2. The topological polar surface area (TPSA) is 56.7 Å². The summed E-state index contributed by atoms with van der Waals surface area (Å²) < 4.78 is 1.66. The van der Waals surface area contributed by atoms with Crippen LogP contribution in [0, 0.1) is 6.92 Å². The van der Waals surface area contributed by atoms with Gasteiger partial charge in [-0.15, -0.1) is 0 Å². The summed E-state index contributed by atoms with van der Waals surface area (Å²) in [5, 5.41) is 4.17. The maximum absolute atomic E-state index is 5.88. The minimum Gasteiger partial charge on any atom is -0.383 e. The number of nitrogens with zero attached hydrogens (tertiary/aromatic N) is 3. The molecule has 0 bridgehead atoms. The van der Waals surface area contributed by atoms with E-state index in [-0.39, 0.29) is 0 Å². The average molecular weight is 187 g/mol. The number of pyridine rings is 1. The smallest absolute Gasteiger partial charge is 0.130 e. The Hall–Kier alpha value is -1.84. The summed E-state index contributed by atoms with van der Waals surface area (Å²) in [7, 11) is 0. The Labute approximate surface area is 82.4 Å². The second-order valence-electron chi connectivity index (χ2n) is 2.93. The third-order valence-corrected chi connectivity index (χ3v) is 2.05. The molecule has 0 spiro atoms. The van der Waals surface area contributed by atoms with Crippen LogP contribution in [0.25, 0.3) is 5.69 Å². The molecule has 2 heterocycles. The highest BCUT2D eigenvalue weighted by Gasteiger charge is 2.06. The number of nitrogens with two attached hydrogens (primary N) is 1. The van der Waals surface area contributed by atoms with Gasteiger partial charge in [0, 0.05) is 11.8 Å². The van der Waals surface area contributed by atoms with Crippen LogP contribution in [0.4, 0.5) is 5.82 Å². The molecule has 2 aromatic heterocycles. The quantitative estimate of drug-likeness (QED) is 0.769. The highest BCUT2D eigenvalue weighted by atomic mass is 15.3. The number of hydrogen-bond donors (Lipinski definition) is 1. The lowest BCUT2D eigenvalue weighted by Crippen LogP contribution is -2.02. The van der Waals surface area contributed by atoms with E-state index in [1.165, 1.54) is 0 Å². The van der Waals surface area contributed by atoms with Gasteiger partial charge in [0.15, 0.2) is 0 Å². The number of aromatic nitrogens is 3. The maximum atomic E-state index is 5.88. The van der Waals surface area contributed by atoms with E-state index in [0.717, 1.165) is 11.3 Å². The van der Waals surface area contributed by atoms with Gasteiger partial charge in [0.25, 0.3) is 0 Å². The fraction of sp³-hybridized carbons (Fsp3) is 0.100. The van der Waals surface area contributed by atoms with Crippen molar-refractivity contribution in [2.45, 2.75) is 6.42 Å². The Morgan fingerprint density at radius 3 is 2.86 bits per heavy atom. The molecule has 4 nitrogen and oxygen atoms in total. The highest BCUT2D eigenvalue weighted by molar-refractivity contribution is 5.46. The first-order valence-electron chi connectivity index (χ1n) is 4.35. The van der Waals surface area contributed by atoms with E-state index in [1.54, 1.807) is 23.3 Å². The predicted molar refractivity (Wildman–Crippen MR) is 54.8 cm³/mol. The number of anilines is 1. The summed E-state index contributed by atoms with van der Waals surface area (Å²) in [6.45, 7) is 3.77. The molecular formula is C10H11N4. The van der Waals surface area contributed by atoms with E-state index in [1.807, 2.05) is 12.1 Å². The molecule has 0 aliphatic carbocycles. The monoisotopic (exact) mass is 187 g/mol. The lowest BCUT2D eigenvalue weighted by Gasteiger charge is -2.03. The van der Waals surface area contributed by atoms with Gasteiger partial charge in [0.1, 0.15) is 5.82 Å². The lowest BCUT2D eigenvalue weighted by atomic mass is 10.2. The molecule has 14 heavy (non-hydrogen) atoms. The van der Waals surface area contributed by atoms with Crippen LogP contribution in [0.5, 0.6) is 0 Å². The van der Waals surface area contributed by atoms with Crippen molar-refractivity contribution >= 4 is 5.82 Å². The van der Waals surface area contributed by atoms with Gasteiger partial charge in [0.2, 0.25) is 0 Å².